The Morgan fingerprint density at radius 2 is 2.00 bits per heavy atom. The Bertz CT molecular complexity index is 276. The second kappa shape index (κ2) is 4.66. The summed E-state index contributed by atoms with van der Waals surface area (Å²) in [5.74, 6) is 0.563. The fourth-order valence-electron chi connectivity index (χ4n) is 1.39. The van der Waals surface area contributed by atoms with Gasteiger partial charge in [0, 0.05) is 5.02 Å². The molecule has 0 fully saturated rings. The lowest BCUT2D eigenvalue weighted by Crippen LogP contribution is -1.90. The minimum Gasteiger partial charge on any atom is -0.0840 e. The number of aryl methyl sites for hydroxylation is 1. The molecule has 0 radical (unpaired) electrons. The van der Waals surface area contributed by atoms with Crippen LogP contribution in [0, 0.1) is 0 Å². The smallest absolute Gasteiger partial charge is 0.0440 e. The standard InChI is InChI=1S/C12H17Cl/c1-4-5-10-6-7-11(9(2)3)8-12(10)13/h6-9H,4-5H2,1-3H3. The summed E-state index contributed by atoms with van der Waals surface area (Å²) in [4.78, 5) is 0. The molecule has 1 rings (SSSR count). The van der Waals surface area contributed by atoms with Crippen molar-refractivity contribution in [1.82, 2.24) is 0 Å². The van der Waals surface area contributed by atoms with Crippen molar-refractivity contribution >= 4 is 11.6 Å². The lowest BCUT2D eigenvalue weighted by Gasteiger charge is -2.08. The van der Waals surface area contributed by atoms with Gasteiger partial charge in [-0.15, -0.1) is 0 Å². The Morgan fingerprint density at radius 3 is 2.46 bits per heavy atom. The van der Waals surface area contributed by atoms with Gasteiger partial charge in [-0.3, -0.25) is 0 Å². The molecule has 1 heteroatoms. The van der Waals surface area contributed by atoms with Gasteiger partial charge in [-0.05, 0) is 29.5 Å². The van der Waals surface area contributed by atoms with Crippen LogP contribution in [0.1, 0.15) is 44.2 Å². The summed E-state index contributed by atoms with van der Waals surface area (Å²) in [6.45, 7) is 6.54. The van der Waals surface area contributed by atoms with Crippen LogP contribution in [0.5, 0.6) is 0 Å². The maximum absolute atomic E-state index is 6.15. The molecule has 72 valence electrons. The molecule has 0 N–H and O–H groups in total. The maximum Gasteiger partial charge on any atom is 0.0440 e. The van der Waals surface area contributed by atoms with E-state index in [9.17, 15) is 0 Å². The van der Waals surface area contributed by atoms with Crippen LogP contribution in [0.3, 0.4) is 0 Å². The first kappa shape index (κ1) is 10.6. The highest BCUT2D eigenvalue weighted by Gasteiger charge is 2.03. The molecule has 0 atom stereocenters. The molecule has 0 aliphatic heterocycles. The largest absolute Gasteiger partial charge is 0.0840 e. The molecule has 0 saturated carbocycles. The molecule has 0 aliphatic rings. The third-order valence-electron chi connectivity index (χ3n) is 2.26. The average Bonchev–Trinajstić information content (AvgIpc) is 2.08. The highest BCUT2D eigenvalue weighted by molar-refractivity contribution is 6.31. The van der Waals surface area contributed by atoms with E-state index < -0.39 is 0 Å². The van der Waals surface area contributed by atoms with Gasteiger partial charge >= 0.3 is 0 Å². The average molecular weight is 197 g/mol. The molecule has 0 aromatic heterocycles. The quantitative estimate of drug-likeness (QED) is 0.672. The molecule has 0 aliphatic carbocycles. The first-order valence-electron chi connectivity index (χ1n) is 4.93. The van der Waals surface area contributed by atoms with E-state index in [0.29, 0.717) is 5.92 Å². The van der Waals surface area contributed by atoms with Gasteiger partial charge in [0.15, 0.2) is 0 Å². The molecule has 0 unspecified atom stereocenters. The Labute approximate surface area is 85.9 Å². The van der Waals surface area contributed by atoms with Gasteiger partial charge in [-0.1, -0.05) is 50.9 Å². The van der Waals surface area contributed by atoms with E-state index in [4.69, 9.17) is 11.6 Å². The van der Waals surface area contributed by atoms with Crippen LogP contribution in [0.4, 0.5) is 0 Å². The molecule has 13 heavy (non-hydrogen) atoms. The molecule has 0 spiro atoms. The van der Waals surface area contributed by atoms with Crippen LogP contribution in [0.15, 0.2) is 18.2 Å². The van der Waals surface area contributed by atoms with E-state index in [-0.39, 0.29) is 0 Å². The molecule has 0 nitrogen and oxygen atoms in total. The fourth-order valence-corrected chi connectivity index (χ4v) is 1.68. The molecule has 1 aromatic rings. The van der Waals surface area contributed by atoms with Gasteiger partial charge in [-0.2, -0.15) is 0 Å². The van der Waals surface area contributed by atoms with Crippen LogP contribution in [0.2, 0.25) is 5.02 Å². The number of halogens is 1. The molecule has 0 bridgehead atoms. The van der Waals surface area contributed by atoms with Crippen molar-refractivity contribution in [3.63, 3.8) is 0 Å². The van der Waals surface area contributed by atoms with E-state index in [1.54, 1.807) is 0 Å². The first-order chi connectivity index (χ1) is 6.15. The van der Waals surface area contributed by atoms with Crippen LogP contribution >= 0.6 is 11.6 Å². The second-order valence-corrected chi connectivity index (χ2v) is 4.16. The van der Waals surface area contributed by atoms with Crippen LogP contribution < -0.4 is 0 Å². The fraction of sp³-hybridized carbons (Fsp3) is 0.500. The van der Waals surface area contributed by atoms with Crippen LogP contribution in [-0.4, -0.2) is 0 Å². The zero-order valence-electron chi connectivity index (χ0n) is 8.60. The van der Waals surface area contributed by atoms with Gasteiger partial charge in [0.25, 0.3) is 0 Å². The van der Waals surface area contributed by atoms with Crippen molar-refractivity contribution in [3.05, 3.63) is 34.3 Å². The summed E-state index contributed by atoms with van der Waals surface area (Å²) in [5.41, 5.74) is 2.60. The molecule has 0 amide bonds. The van der Waals surface area contributed by atoms with Gasteiger partial charge in [0.1, 0.15) is 0 Å². The predicted molar refractivity (Wildman–Crippen MR) is 59.5 cm³/mol. The van der Waals surface area contributed by atoms with Crippen molar-refractivity contribution in [1.29, 1.82) is 0 Å². The molecule has 1 aromatic carbocycles. The van der Waals surface area contributed by atoms with Crippen molar-refractivity contribution in [2.45, 2.75) is 39.5 Å². The van der Waals surface area contributed by atoms with Gasteiger partial charge in [0.05, 0.1) is 0 Å². The monoisotopic (exact) mass is 196 g/mol. The Morgan fingerprint density at radius 1 is 1.31 bits per heavy atom. The van der Waals surface area contributed by atoms with Crippen molar-refractivity contribution in [2.75, 3.05) is 0 Å². The van der Waals surface area contributed by atoms with Gasteiger partial charge < -0.3 is 0 Å². The lowest BCUT2D eigenvalue weighted by molar-refractivity contribution is 0.861. The number of rotatable bonds is 3. The lowest BCUT2D eigenvalue weighted by atomic mass is 10.0. The normalized spacial score (nSPS) is 10.8. The number of hydrogen-bond acceptors (Lipinski definition) is 0. The first-order valence-corrected chi connectivity index (χ1v) is 5.31. The van der Waals surface area contributed by atoms with Crippen molar-refractivity contribution in [3.8, 4) is 0 Å². The van der Waals surface area contributed by atoms with E-state index in [1.165, 1.54) is 11.1 Å². The minimum absolute atomic E-state index is 0.563. The van der Waals surface area contributed by atoms with Crippen molar-refractivity contribution < 1.29 is 0 Å². The summed E-state index contributed by atoms with van der Waals surface area (Å²) in [6.07, 6.45) is 2.23. The molecule has 0 heterocycles. The summed E-state index contributed by atoms with van der Waals surface area (Å²) in [7, 11) is 0. The summed E-state index contributed by atoms with van der Waals surface area (Å²) < 4.78 is 0. The number of benzene rings is 1. The summed E-state index contributed by atoms with van der Waals surface area (Å²) in [5, 5.41) is 0.924. The molecular weight excluding hydrogens is 180 g/mol. The molecular formula is C12H17Cl. The Kier molecular flexibility index (Phi) is 3.80. The highest BCUT2D eigenvalue weighted by Crippen LogP contribution is 2.23. The summed E-state index contributed by atoms with van der Waals surface area (Å²) in [6, 6.07) is 6.43. The van der Waals surface area contributed by atoms with Gasteiger partial charge in [-0.25, -0.2) is 0 Å². The van der Waals surface area contributed by atoms with E-state index >= 15 is 0 Å². The van der Waals surface area contributed by atoms with Crippen LogP contribution in [-0.2, 0) is 6.42 Å². The number of hydrogen-bond donors (Lipinski definition) is 0. The Balaban J connectivity index is 2.92. The van der Waals surface area contributed by atoms with E-state index in [0.717, 1.165) is 17.9 Å². The SMILES string of the molecule is CCCc1ccc(C(C)C)cc1Cl. The third kappa shape index (κ3) is 2.73. The Hall–Kier alpha value is -0.490. The van der Waals surface area contributed by atoms with E-state index in [1.807, 2.05) is 0 Å². The minimum atomic E-state index is 0.563. The zero-order chi connectivity index (χ0) is 9.84. The van der Waals surface area contributed by atoms with Crippen LogP contribution in [0.25, 0.3) is 0 Å². The van der Waals surface area contributed by atoms with Gasteiger partial charge in [0.2, 0.25) is 0 Å². The second-order valence-electron chi connectivity index (χ2n) is 3.76. The zero-order valence-corrected chi connectivity index (χ0v) is 9.36. The topological polar surface area (TPSA) is 0 Å². The predicted octanol–water partition coefficient (Wildman–Crippen LogP) is 4.42. The van der Waals surface area contributed by atoms with E-state index in [2.05, 4.69) is 39.0 Å². The maximum atomic E-state index is 6.15. The summed E-state index contributed by atoms with van der Waals surface area (Å²) >= 11 is 6.15. The molecule has 0 saturated heterocycles. The highest BCUT2D eigenvalue weighted by atomic mass is 35.5. The van der Waals surface area contributed by atoms with Crippen molar-refractivity contribution in [2.24, 2.45) is 0 Å². The third-order valence-corrected chi connectivity index (χ3v) is 2.61.